The third-order valence-electron chi connectivity index (χ3n) is 5.58. The molecule has 2 aromatic carbocycles. The number of benzene rings is 2. The maximum atomic E-state index is 14.7. The Bertz CT molecular complexity index is 1150. The zero-order valence-electron chi connectivity index (χ0n) is 17.8. The average molecular weight is 481 g/mol. The van der Waals surface area contributed by atoms with Gasteiger partial charge >= 0.3 is 0 Å². The fourth-order valence-electron chi connectivity index (χ4n) is 4.01. The minimum absolute atomic E-state index is 0. The predicted octanol–water partition coefficient (Wildman–Crippen LogP) is 4.20. The van der Waals surface area contributed by atoms with E-state index in [0.717, 1.165) is 5.56 Å². The highest BCUT2D eigenvalue weighted by Crippen LogP contribution is 2.34. The van der Waals surface area contributed by atoms with Crippen molar-refractivity contribution in [3.63, 3.8) is 0 Å². The number of aromatic nitrogens is 2. The summed E-state index contributed by atoms with van der Waals surface area (Å²) in [5.41, 5.74) is 1.87. The minimum atomic E-state index is -3.36. The third-order valence-corrected chi connectivity index (χ3v) is 7.19. The molecule has 3 atom stereocenters. The summed E-state index contributed by atoms with van der Waals surface area (Å²) in [5, 5.41) is -0.691. The third kappa shape index (κ3) is 5.20. The van der Waals surface area contributed by atoms with Crippen molar-refractivity contribution in [3.05, 3.63) is 83.7 Å². The molecule has 2 heterocycles. The topological polar surface area (TPSA) is 70.4 Å². The van der Waals surface area contributed by atoms with Crippen molar-refractivity contribution in [1.82, 2.24) is 9.55 Å². The Morgan fingerprint density at radius 2 is 1.97 bits per heavy atom. The van der Waals surface area contributed by atoms with Crippen LogP contribution < -0.4 is 0 Å². The van der Waals surface area contributed by atoms with Crippen LogP contribution in [0.4, 0.5) is 4.39 Å². The van der Waals surface area contributed by atoms with Crippen LogP contribution in [-0.2, 0) is 25.9 Å². The Morgan fingerprint density at radius 1 is 1.22 bits per heavy atom. The van der Waals surface area contributed by atoms with Crippen LogP contribution in [0, 0.1) is 12.7 Å². The van der Waals surface area contributed by atoms with E-state index in [1.807, 2.05) is 30.3 Å². The van der Waals surface area contributed by atoms with E-state index in [4.69, 9.17) is 9.47 Å². The molecule has 32 heavy (non-hydrogen) atoms. The highest BCUT2D eigenvalue weighted by molar-refractivity contribution is 7.91. The maximum Gasteiger partial charge on any atom is 0.153 e. The standard InChI is InChI=1S/C23H25FN2O4S.ClH/c1-16-25-11-12-26(16)20-9-8-17(14-19(20)24)15-30-23-21(31(2,27)28)10-13-29-22(23)18-6-4-3-5-7-18;/h3-9,11-12,14,21-23H,10,13,15H2,1-2H3;1H. The van der Waals surface area contributed by atoms with E-state index < -0.39 is 33.1 Å². The monoisotopic (exact) mass is 480 g/mol. The highest BCUT2D eigenvalue weighted by atomic mass is 35.5. The first kappa shape index (κ1) is 24.4. The lowest BCUT2D eigenvalue weighted by molar-refractivity contribution is -0.110. The van der Waals surface area contributed by atoms with Gasteiger partial charge in [-0.2, -0.15) is 0 Å². The molecule has 3 unspecified atom stereocenters. The van der Waals surface area contributed by atoms with Crippen LogP contribution in [0.1, 0.15) is 29.5 Å². The van der Waals surface area contributed by atoms with Gasteiger partial charge in [-0.15, -0.1) is 12.4 Å². The zero-order chi connectivity index (χ0) is 22.0. The van der Waals surface area contributed by atoms with Crippen LogP contribution in [-0.4, -0.2) is 42.2 Å². The summed E-state index contributed by atoms with van der Waals surface area (Å²) < 4.78 is 53.3. The van der Waals surface area contributed by atoms with Crippen molar-refractivity contribution in [2.45, 2.75) is 37.4 Å². The van der Waals surface area contributed by atoms with E-state index in [-0.39, 0.29) is 19.0 Å². The molecule has 0 spiro atoms. The summed E-state index contributed by atoms with van der Waals surface area (Å²) in [6, 6.07) is 14.3. The van der Waals surface area contributed by atoms with Gasteiger partial charge in [-0.1, -0.05) is 36.4 Å². The summed E-state index contributed by atoms with van der Waals surface area (Å²) in [5.74, 6) is 0.283. The fraction of sp³-hybridized carbons (Fsp3) is 0.348. The number of halogens is 2. The van der Waals surface area contributed by atoms with Crippen LogP contribution in [0.25, 0.3) is 5.69 Å². The van der Waals surface area contributed by atoms with Gasteiger partial charge in [0, 0.05) is 25.3 Å². The van der Waals surface area contributed by atoms with Gasteiger partial charge in [-0.05, 0) is 36.6 Å². The Morgan fingerprint density at radius 3 is 2.59 bits per heavy atom. The summed E-state index contributed by atoms with van der Waals surface area (Å²) in [6.45, 7) is 2.21. The van der Waals surface area contributed by atoms with Crippen molar-refractivity contribution < 1.29 is 22.3 Å². The van der Waals surface area contributed by atoms with E-state index in [9.17, 15) is 12.8 Å². The van der Waals surface area contributed by atoms with Crippen molar-refractivity contribution in [3.8, 4) is 5.69 Å². The van der Waals surface area contributed by atoms with E-state index >= 15 is 0 Å². The molecule has 1 aliphatic rings. The second-order valence-corrected chi connectivity index (χ2v) is 10.0. The van der Waals surface area contributed by atoms with Crippen LogP contribution in [0.5, 0.6) is 0 Å². The summed E-state index contributed by atoms with van der Waals surface area (Å²) in [6.07, 6.45) is 3.70. The summed E-state index contributed by atoms with van der Waals surface area (Å²) in [4.78, 5) is 4.12. The smallest absolute Gasteiger partial charge is 0.153 e. The van der Waals surface area contributed by atoms with Gasteiger partial charge in [-0.25, -0.2) is 17.8 Å². The number of hydrogen-bond donors (Lipinski definition) is 0. The summed E-state index contributed by atoms with van der Waals surface area (Å²) >= 11 is 0. The second-order valence-electron chi connectivity index (χ2n) is 7.76. The molecule has 1 aliphatic heterocycles. The van der Waals surface area contributed by atoms with Crippen molar-refractivity contribution in [2.24, 2.45) is 0 Å². The molecule has 6 nitrogen and oxygen atoms in total. The normalized spacial score (nSPS) is 21.2. The van der Waals surface area contributed by atoms with Gasteiger partial charge in [0.15, 0.2) is 9.84 Å². The molecule has 0 saturated carbocycles. The lowest BCUT2D eigenvalue weighted by atomic mass is 9.97. The molecule has 0 amide bonds. The van der Waals surface area contributed by atoms with Gasteiger partial charge in [0.05, 0.1) is 17.5 Å². The SMILES string of the molecule is Cc1nccn1-c1ccc(COC2C(c3ccccc3)OCCC2S(C)(=O)=O)cc1F.Cl. The van der Waals surface area contributed by atoms with Gasteiger partial charge in [0.1, 0.15) is 23.8 Å². The Kier molecular flexibility index (Phi) is 7.71. The molecule has 1 saturated heterocycles. The Hall–Kier alpha value is -2.26. The molecule has 0 N–H and O–H groups in total. The number of sulfone groups is 1. The molecule has 0 radical (unpaired) electrons. The van der Waals surface area contributed by atoms with Crippen LogP contribution in [0.2, 0.25) is 0 Å². The van der Waals surface area contributed by atoms with Crippen molar-refractivity contribution in [1.29, 1.82) is 0 Å². The molecular formula is C23H26ClFN2O4S. The molecule has 9 heteroatoms. The molecular weight excluding hydrogens is 455 g/mol. The lowest BCUT2D eigenvalue weighted by Crippen LogP contribution is -2.45. The van der Waals surface area contributed by atoms with E-state index in [1.165, 1.54) is 12.3 Å². The number of hydrogen-bond acceptors (Lipinski definition) is 5. The molecule has 1 aromatic heterocycles. The molecule has 4 rings (SSSR count). The minimum Gasteiger partial charge on any atom is -0.371 e. The van der Waals surface area contributed by atoms with Crippen LogP contribution >= 0.6 is 12.4 Å². The number of rotatable bonds is 6. The van der Waals surface area contributed by atoms with E-state index in [0.29, 0.717) is 30.1 Å². The second kappa shape index (κ2) is 10.1. The number of ether oxygens (including phenoxy) is 2. The molecule has 0 bridgehead atoms. The molecule has 1 fully saturated rings. The quantitative estimate of drug-likeness (QED) is 0.528. The highest BCUT2D eigenvalue weighted by Gasteiger charge is 2.41. The van der Waals surface area contributed by atoms with E-state index in [1.54, 1.807) is 36.0 Å². The molecule has 3 aromatic rings. The number of aryl methyl sites for hydroxylation is 1. The van der Waals surface area contributed by atoms with E-state index in [2.05, 4.69) is 4.98 Å². The number of nitrogens with zero attached hydrogens (tertiary/aromatic N) is 2. The molecule has 172 valence electrons. The lowest BCUT2D eigenvalue weighted by Gasteiger charge is -2.37. The summed E-state index contributed by atoms with van der Waals surface area (Å²) in [7, 11) is -3.36. The van der Waals surface area contributed by atoms with Crippen LogP contribution in [0.15, 0.2) is 60.9 Å². The van der Waals surface area contributed by atoms with Gasteiger partial charge in [0.25, 0.3) is 0 Å². The Labute approximate surface area is 193 Å². The largest absolute Gasteiger partial charge is 0.371 e. The van der Waals surface area contributed by atoms with Gasteiger partial charge < -0.3 is 14.0 Å². The fourth-order valence-corrected chi connectivity index (χ4v) is 5.24. The van der Waals surface area contributed by atoms with Gasteiger partial charge in [-0.3, -0.25) is 0 Å². The molecule has 0 aliphatic carbocycles. The average Bonchev–Trinajstić information content (AvgIpc) is 3.17. The van der Waals surface area contributed by atoms with Crippen LogP contribution in [0.3, 0.4) is 0 Å². The maximum absolute atomic E-state index is 14.7. The first-order valence-corrected chi connectivity index (χ1v) is 12.1. The number of imidazole rings is 1. The zero-order valence-corrected chi connectivity index (χ0v) is 19.5. The van der Waals surface area contributed by atoms with Crippen molar-refractivity contribution >= 4 is 22.2 Å². The van der Waals surface area contributed by atoms with Gasteiger partial charge in [0.2, 0.25) is 0 Å². The predicted molar refractivity (Wildman–Crippen MR) is 122 cm³/mol. The Balaban J connectivity index is 0.00000289. The first-order chi connectivity index (χ1) is 14.8. The van der Waals surface area contributed by atoms with Crippen molar-refractivity contribution in [2.75, 3.05) is 12.9 Å². The first-order valence-electron chi connectivity index (χ1n) is 10.1.